The van der Waals surface area contributed by atoms with Gasteiger partial charge in [0, 0.05) is 83.1 Å². The lowest BCUT2D eigenvalue weighted by Crippen LogP contribution is -2.34. The average molecular weight is 1260 g/mol. The molecule has 0 fully saturated rings. The number of hydrogen-bond donors (Lipinski definition) is 0. The number of fused-ring (bicyclic) bond motifs is 12. The molecule has 0 N–H and O–H groups in total. The minimum Gasteiger partial charge on any atom is -0.347 e. The number of rotatable bonds is 16. The molecule has 0 saturated carbocycles. The molecule has 4 aliphatic heterocycles. The van der Waals surface area contributed by atoms with Gasteiger partial charge in [0.25, 0.3) is 0 Å². The number of hydrogen-bond acceptors (Lipinski definition) is 2. The van der Waals surface area contributed by atoms with Crippen molar-refractivity contribution in [3.8, 4) is 0 Å². The Labute approximate surface area is 573 Å². The maximum atomic E-state index is 2.58. The first kappa shape index (κ1) is 61.5. The highest BCUT2D eigenvalue weighted by Gasteiger charge is 2.51. The van der Waals surface area contributed by atoms with Gasteiger partial charge in [-0.25, -0.2) is 0 Å². The predicted octanol–water partition coefficient (Wildman–Crippen LogP) is 21.3. The number of nitrogens with zero attached hydrogens (tertiary/aromatic N) is 4. The minimum absolute atomic E-state index is 0.258. The SMILES string of the molecule is CC[N+]1=C(C=CC=C2N(C)c3ccc4ccccc4c3C2(C)Cc2ccccc2)C(C)(Cc2ccc(Cc3ccc(CC4(C)C(C=CC=C5N(C)c6ccc7ccccc7c6C5(C)Cc5ccccc5)=[N+](CC)c5ccc6ccccc6c54)cc3)cc2)c2c1ccc1ccccc21. The molecule has 12 aromatic rings. The number of likely N-dealkylation sites (N-methyl/N-ethyl adjacent to an activating group) is 2. The Morgan fingerprint density at radius 2 is 0.608 bits per heavy atom. The van der Waals surface area contributed by atoms with Crippen molar-refractivity contribution in [3.63, 3.8) is 0 Å². The van der Waals surface area contributed by atoms with Gasteiger partial charge < -0.3 is 9.80 Å². The van der Waals surface area contributed by atoms with Crippen molar-refractivity contribution < 1.29 is 9.15 Å². The van der Waals surface area contributed by atoms with Gasteiger partial charge in [-0.1, -0.05) is 231 Å². The second-order valence-corrected chi connectivity index (χ2v) is 28.7. The summed E-state index contributed by atoms with van der Waals surface area (Å²) >= 11 is 0. The van der Waals surface area contributed by atoms with Crippen LogP contribution >= 0.6 is 0 Å². The van der Waals surface area contributed by atoms with E-state index in [9.17, 15) is 0 Å². The van der Waals surface area contributed by atoms with Crippen molar-refractivity contribution in [2.24, 2.45) is 0 Å². The van der Waals surface area contributed by atoms with Gasteiger partial charge in [-0.3, -0.25) is 0 Å². The van der Waals surface area contributed by atoms with Gasteiger partial charge in [0.2, 0.25) is 11.4 Å². The fraction of sp³-hybridized carbons (Fsp3) is 0.204. The van der Waals surface area contributed by atoms with Gasteiger partial charge in [-0.2, -0.15) is 9.15 Å². The molecule has 0 saturated heterocycles. The van der Waals surface area contributed by atoms with Crippen LogP contribution in [0.5, 0.6) is 0 Å². The zero-order valence-corrected chi connectivity index (χ0v) is 57.5. The summed E-state index contributed by atoms with van der Waals surface area (Å²) in [5, 5.41) is 10.4. The number of anilines is 2. The average Bonchev–Trinajstić information content (AvgIpc) is 1.59. The van der Waals surface area contributed by atoms with Gasteiger partial charge in [0.15, 0.2) is 11.4 Å². The molecule has 16 rings (SSSR count). The molecule has 476 valence electrons. The van der Waals surface area contributed by atoms with E-state index in [0.29, 0.717) is 0 Å². The predicted molar refractivity (Wildman–Crippen MR) is 411 cm³/mol. The Morgan fingerprint density at radius 1 is 0.309 bits per heavy atom. The lowest BCUT2D eigenvalue weighted by Gasteiger charge is -2.29. The number of allylic oxidation sites excluding steroid dienone is 8. The maximum absolute atomic E-state index is 2.58. The van der Waals surface area contributed by atoms with E-state index in [4.69, 9.17) is 0 Å². The Balaban J connectivity index is 0.690. The van der Waals surface area contributed by atoms with Gasteiger partial charge in [-0.15, -0.1) is 0 Å². The van der Waals surface area contributed by atoms with Crippen molar-refractivity contribution in [2.45, 2.75) is 95.3 Å². The highest BCUT2D eigenvalue weighted by Crippen LogP contribution is 2.55. The molecule has 97 heavy (non-hydrogen) atoms. The zero-order chi connectivity index (χ0) is 66.2. The Hall–Kier alpha value is -10.4. The van der Waals surface area contributed by atoms with Crippen LogP contribution in [-0.2, 0) is 53.8 Å². The van der Waals surface area contributed by atoms with Crippen LogP contribution in [0.25, 0.3) is 43.1 Å². The lowest BCUT2D eigenvalue weighted by molar-refractivity contribution is -0.433. The highest BCUT2D eigenvalue weighted by atomic mass is 15.2. The van der Waals surface area contributed by atoms with Crippen LogP contribution in [0.4, 0.5) is 22.7 Å². The summed E-state index contributed by atoms with van der Waals surface area (Å²) in [7, 11) is 4.52. The summed E-state index contributed by atoms with van der Waals surface area (Å²) in [6, 6.07) is 95.7. The van der Waals surface area contributed by atoms with Crippen molar-refractivity contribution in [1.29, 1.82) is 0 Å². The van der Waals surface area contributed by atoms with Crippen LogP contribution in [0, 0.1) is 0 Å². The second-order valence-electron chi connectivity index (χ2n) is 28.7. The molecular weight excluding hydrogens is 1170 g/mol. The summed E-state index contributed by atoms with van der Waals surface area (Å²) in [6.07, 6.45) is 18.9. The maximum Gasteiger partial charge on any atom is 0.210 e. The zero-order valence-electron chi connectivity index (χ0n) is 57.5. The van der Waals surface area contributed by atoms with Crippen LogP contribution in [0.3, 0.4) is 0 Å². The van der Waals surface area contributed by atoms with E-state index in [0.717, 1.165) is 45.2 Å². The molecular formula is C93H86N4+2. The Morgan fingerprint density at radius 3 is 0.969 bits per heavy atom. The monoisotopic (exact) mass is 1260 g/mol. The molecule has 0 aromatic heterocycles. The van der Waals surface area contributed by atoms with Crippen LogP contribution in [0.15, 0.2) is 303 Å². The largest absolute Gasteiger partial charge is 0.347 e. The van der Waals surface area contributed by atoms with Gasteiger partial charge in [0.05, 0.1) is 10.8 Å². The van der Waals surface area contributed by atoms with Crippen molar-refractivity contribution >= 4 is 77.3 Å². The molecule has 4 heterocycles. The molecule has 12 aromatic carbocycles. The highest BCUT2D eigenvalue weighted by molar-refractivity contribution is 6.10. The topological polar surface area (TPSA) is 12.5 Å². The molecule has 0 spiro atoms. The molecule has 4 unspecified atom stereocenters. The van der Waals surface area contributed by atoms with E-state index < -0.39 is 0 Å². The molecule has 0 aliphatic carbocycles. The molecule has 4 atom stereocenters. The first-order valence-electron chi connectivity index (χ1n) is 35.2. The summed E-state index contributed by atoms with van der Waals surface area (Å²) in [6.45, 7) is 16.3. The standard InChI is InChI=1S/C93H86N4/c1-9-96-80-57-53-72-33-19-23-37-76(72)88(80)92(5,84(96)41-25-39-82-90(3,60-66-27-13-11-14-28-66)86-74-35-21-17-31-70(74)51-55-78(86)94(82)7)62-68-47-43-64(44-48-68)59-65-45-49-69(50-46-65)63-93(6)85(97(10-2)81-58-54-73-34-20-24-38-77(73)89(81)93)42-26-40-83-91(4,61-67-29-15-12-16-30-67)87-75-36-22-18-32-71(75)52-56-79(87)95(83)8/h11-58H,9-10,59-63H2,1-8H3/q+2. The van der Waals surface area contributed by atoms with E-state index in [1.807, 2.05) is 0 Å². The van der Waals surface area contributed by atoms with E-state index in [2.05, 4.69) is 366 Å². The first-order valence-corrected chi connectivity index (χ1v) is 35.2. The van der Waals surface area contributed by atoms with Crippen LogP contribution in [0.2, 0.25) is 0 Å². The van der Waals surface area contributed by atoms with E-state index in [-0.39, 0.29) is 21.7 Å². The quantitative estimate of drug-likeness (QED) is 0.0894. The Bertz CT molecular complexity index is 4970. The minimum atomic E-state index is -0.313. The third-order valence-electron chi connectivity index (χ3n) is 22.7. The summed E-state index contributed by atoms with van der Waals surface area (Å²) in [5.74, 6) is 0. The van der Waals surface area contributed by atoms with Gasteiger partial charge >= 0.3 is 0 Å². The van der Waals surface area contributed by atoms with Crippen molar-refractivity contribution in [1.82, 2.24) is 0 Å². The first-order chi connectivity index (χ1) is 47.3. The second kappa shape index (κ2) is 24.3. The van der Waals surface area contributed by atoms with Gasteiger partial charge in [-0.05, 0) is 198 Å². The van der Waals surface area contributed by atoms with Gasteiger partial charge in [0.1, 0.15) is 13.1 Å². The van der Waals surface area contributed by atoms with Crippen molar-refractivity contribution in [2.75, 3.05) is 37.0 Å². The molecule has 0 amide bonds. The fourth-order valence-electron chi connectivity index (χ4n) is 18.3. The summed E-state index contributed by atoms with van der Waals surface area (Å²) in [4.78, 5) is 4.90. The van der Waals surface area contributed by atoms with Crippen LogP contribution < -0.4 is 9.80 Å². The van der Waals surface area contributed by atoms with Crippen molar-refractivity contribution in [3.05, 3.63) is 358 Å². The summed E-state index contributed by atoms with van der Waals surface area (Å²) in [5.41, 5.74) is 22.9. The van der Waals surface area contributed by atoms with E-state index in [1.165, 1.54) is 144 Å². The third kappa shape index (κ3) is 10.2. The third-order valence-corrected chi connectivity index (χ3v) is 22.7. The fourth-order valence-corrected chi connectivity index (χ4v) is 18.3. The molecule has 4 nitrogen and oxygen atoms in total. The van der Waals surface area contributed by atoms with Crippen LogP contribution in [0.1, 0.15) is 97.2 Å². The lowest BCUT2D eigenvalue weighted by atomic mass is 9.72. The van der Waals surface area contributed by atoms with E-state index in [1.54, 1.807) is 0 Å². The molecule has 4 heteroatoms. The summed E-state index contributed by atoms with van der Waals surface area (Å²) < 4.78 is 5.16. The molecule has 4 aliphatic rings. The molecule has 0 bridgehead atoms. The number of benzene rings is 12. The Kier molecular flexibility index (Phi) is 15.4. The molecule has 0 radical (unpaired) electrons. The van der Waals surface area contributed by atoms with Crippen LogP contribution in [-0.4, -0.2) is 47.8 Å². The van der Waals surface area contributed by atoms with E-state index >= 15 is 0 Å². The smallest absolute Gasteiger partial charge is 0.210 e. The normalized spacial score (nSPS) is 21.3.